The molecular formula is C27H28FNO6S. The van der Waals surface area contributed by atoms with Crippen molar-refractivity contribution in [3.05, 3.63) is 72.8 Å². The van der Waals surface area contributed by atoms with Crippen LogP contribution in [0.25, 0.3) is 11.1 Å². The Bertz CT molecular complexity index is 1280. The van der Waals surface area contributed by atoms with Crippen LogP contribution < -0.4 is 19.1 Å². The molecule has 0 N–H and O–H groups in total. The summed E-state index contributed by atoms with van der Waals surface area (Å²) in [6.07, 6.45) is 0.996. The van der Waals surface area contributed by atoms with Crippen LogP contribution >= 0.6 is 0 Å². The number of halogens is 1. The van der Waals surface area contributed by atoms with E-state index in [4.69, 9.17) is 14.2 Å². The molecule has 0 spiro atoms. The van der Waals surface area contributed by atoms with Crippen molar-refractivity contribution < 1.29 is 31.8 Å². The summed E-state index contributed by atoms with van der Waals surface area (Å²) in [4.78, 5) is 14.7. The van der Waals surface area contributed by atoms with Gasteiger partial charge in [0.25, 0.3) is 5.91 Å². The van der Waals surface area contributed by atoms with E-state index < -0.39 is 22.6 Å². The number of anilines is 1. The summed E-state index contributed by atoms with van der Waals surface area (Å²) in [5.41, 5.74) is 2.72. The van der Waals surface area contributed by atoms with Gasteiger partial charge >= 0.3 is 0 Å². The van der Waals surface area contributed by atoms with Crippen LogP contribution in [0.5, 0.6) is 17.2 Å². The third-order valence-corrected chi connectivity index (χ3v) is 6.59. The smallest absolute Gasteiger partial charge is 0.268 e. The Balaban J connectivity index is 1.43. The number of carbonyl (C=O) groups is 1. The topological polar surface area (TPSA) is 82.1 Å². The van der Waals surface area contributed by atoms with E-state index in [0.29, 0.717) is 24.4 Å². The van der Waals surface area contributed by atoms with Crippen molar-refractivity contribution in [1.82, 2.24) is 0 Å². The van der Waals surface area contributed by atoms with Gasteiger partial charge in [-0.1, -0.05) is 42.5 Å². The predicted octanol–water partition coefficient (Wildman–Crippen LogP) is 4.31. The minimum Gasteiger partial charge on any atom is -0.489 e. The molecule has 1 atom stereocenters. The summed E-state index contributed by atoms with van der Waals surface area (Å²) in [6.45, 7) is -0.507. The molecule has 36 heavy (non-hydrogen) atoms. The average Bonchev–Trinajstić information content (AvgIpc) is 3.23. The number of ether oxygens (including phenoxy) is 3. The van der Waals surface area contributed by atoms with E-state index in [2.05, 4.69) is 0 Å². The van der Waals surface area contributed by atoms with E-state index in [1.807, 2.05) is 54.6 Å². The number of hydrogen-bond acceptors (Lipinski definition) is 6. The van der Waals surface area contributed by atoms with Gasteiger partial charge < -0.3 is 19.1 Å². The molecule has 4 rings (SSSR count). The van der Waals surface area contributed by atoms with Gasteiger partial charge in [-0.15, -0.1) is 0 Å². The van der Waals surface area contributed by atoms with Crippen LogP contribution in [0.4, 0.5) is 10.1 Å². The van der Waals surface area contributed by atoms with Crippen LogP contribution in [0.2, 0.25) is 0 Å². The van der Waals surface area contributed by atoms with Gasteiger partial charge in [0.1, 0.15) is 25.6 Å². The first kappa shape index (κ1) is 25.5. The first-order valence-corrected chi connectivity index (χ1v) is 13.7. The maximum Gasteiger partial charge on any atom is 0.268 e. The van der Waals surface area contributed by atoms with E-state index in [9.17, 15) is 17.6 Å². The Morgan fingerprint density at radius 1 is 0.917 bits per heavy atom. The maximum absolute atomic E-state index is 13.1. The second kappa shape index (κ2) is 11.4. The molecule has 0 radical (unpaired) electrons. The van der Waals surface area contributed by atoms with Gasteiger partial charge in [-0.05, 0) is 35.4 Å². The molecule has 0 saturated carbocycles. The molecule has 1 fully saturated rings. The molecule has 3 aromatic rings. The Kier molecular flexibility index (Phi) is 8.10. The maximum atomic E-state index is 13.1. The predicted molar refractivity (Wildman–Crippen MR) is 136 cm³/mol. The lowest BCUT2D eigenvalue weighted by molar-refractivity contribution is -0.122. The third kappa shape index (κ3) is 6.54. The van der Waals surface area contributed by atoms with Crippen molar-refractivity contribution in [2.75, 3.05) is 43.3 Å². The van der Waals surface area contributed by atoms with Crippen molar-refractivity contribution in [2.45, 2.75) is 12.5 Å². The molecule has 1 aliphatic rings. The Morgan fingerprint density at radius 3 is 2.31 bits per heavy atom. The number of benzene rings is 3. The van der Waals surface area contributed by atoms with Crippen LogP contribution in [-0.4, -0.2) is 58.9 Å². The number of rotatable bonds is 11. The summed E-state index contributed by atoms with van der Waals surface area (Å²) < 4.78 is 52.5. The molecule has 7 nitrogen and oxygen atoms in total. The van der Waals surface area contributed by atoms with Crippen LogP contribution in [0, 0.1) is 0 Å². The molecule has 0 aromatic heterocycles. The second-order valence-electron chi connectivity index (χ2n) is 8.42. The summed E-state index contributed by atoms with van der Waals surface area (Å²) in [5.74, 6) is 0.787. The lowest BCUT2D eigenvalue weighted by Gasteiger charge is -2.20. The molecule has 9 heteroatoms. The molecule has 0 bridgehead atoms. The average molecular weight is 514 g/mol. The lowest BCUT2D eigenvalue weighted by Crippen LogP contribution is -2.32. The summed E-state index contributed by atoms with van der Waals surface area (Å²) >= 11 is 0. The first-order chi connectivity index (χ1) is 17.3. The van der Waals surface area contributed by atoms with Crippen molar-refractivity contribution in [1.29, 1.82) is 0 Å². The molecule has 190 valence electrons. The molecule has 1 amide bonds. The highest BCUT2D eigenvalue weighted by Crippen LogP contribution is 2.34. The van der Waals surface area contributed by atoms with Crippen molar-refractivity contribution in [3.8, 4) is 28.4 Å². The van der Waals surface area contributed by atoms with Crippen LogP contribution in [0.15, 0.2) is 72.8 Å². The fourth-order valence-corrected chi connectivity index (χ4v) is 4.27. The molecule has 1 heterocycles. The number of carbonyl (C=O) groups excluding carboxylic acids is 1. The molecule has 0 aliphatic carbocycles. The Hall–Kier alpha value is -3.59. The van der Waals surface area contributed by atoms with Gasteiger partial charge in [0.05, 0.1) is 5.75 Å². The Morgan fingerprint density at radius 2 is 1.61 bits per heavy atom. The zero-order valence-electron chi connectivity index (χ0n) is 19.9. The van der Waals surface area contributed by atoms with Gasteiger partial charge in [0, 0.05) is 31.0 Å². The van der Waals surface area contributed by atoms with E-state index in [1.54, 1.807) is 23.1 Å². The van der Waals surface area contributed by atoms with E-state index in [-0.39, 0.29) is 36.4 Å². The lowest BCUT2D eigenvalue weighted by atomic mass is 10.1. The highest BCUT2D eigenvalue weighted by Gasteiger charge is 2.34. The monoisotopic (exact) mass is 513 g/mol. The third-order valence-electron chi connectivity index (χ3n) is 5.68. The number of alkyl halides is 1. The van der Waals surface area contributed by atoms with Gasteiger partial charge in [-0.2, -0.15) is 0 Å². The molecule has 3 aromatic carbocycles. The van der Waals surface area contributed by atoms with Crippen molar-refractivity contribution >= 4 is 21.4 Å². The van der Waals surface area contributed by atoms with Crippen molar-refractivity contribution in [2.24, 2.45) is 0 Å². The summed E-state index contributed by atoms with van der Waals surface area (Å²) in [5, 5.41) is 0. The number of amides is 1. The van der Waals surface area contributed by atoms with Crippen LogP contribution in [0.3, 0.4) is 0 Å². The largest absolute Gasteiger partial charge is 0.489 e. The highest BCUT2D eigenvalue weighted by molar-refractivity contribution is 7.90. The first-order valence-electron chi connectivity index (χ1n) is 11.6. The van der Waals surface area contributed by atoms with Gasteiger partial charge in [-0.25, -0.2) is 12.8 Å². The number of nitrogens with zero attached hydrogens (tertiary/aromatic N) is 1. The number of hydrogen-bond donors (Lipinski definition) is 0. The summed E-state index contributed by atoms with van der Waals surface area (Å²) in [7, 11) is -3.19. The number of sulfone groups is 1. The van der Waals surface area contributed by atoms with E-state index >= 15 is 0 Å². The molecule has 1 saturated heterocycles. The normalized spacial score (nSPS) is 15.7. The van der Waals surface area contributed by atoms with E-state index in [1.165, 1.54) is 0 Å². The fraction of sp³-hybridized carbons (Fsp3) is 0.296. The van der Waals surface area contributed by atoms with Gasteiger partial charge in [-0.3, -0.25) is 4.79 Å². The fourth-order valence-electron chi connectivity index (χ4n) is 3.89. The zero-order chi connectivity index (χ0) is 25.5. The Labute approximate surface area is 210 Å². The standard InChI is InChI=1S/C27H28FNO6S/c1-36(31,32)18-17-34-24-12-9-22(19-26(24)33-16-14-28)29-15-13-25(27(29)30)35-23-10-7-21(8-11-23)20-5-3-2-4-6-20/h2-12,19,25H,13-18H2,1H3. The quantitative estimate of drug-likeness (QED) is 0.380. The minimum atomic E-state index is -3.19. The van der Waals surface area contributed by atoms with E-state index in [0.717, 1.165) is 17.4 Å². The SMILES string of the molecule is CS(=O)(=O)CCOc1ccc(N2CCC(Oc3ccc(-c4ccccc4)cc3)C2=O)cc1OCCF. The van der Waals surface area contributed by atoms with Gasteiger partial charge in [0.2, 0.25) is 0 Å². The van der Waals surface area contributed by atoms with Crippen molar-refractivity contribution in [3.63, 3.8) is 0 Å². The summed E-state index contributed by atoms with van der Waals surface area (Å²) in [6, 6.07) is 22.5. The van der Waals surface area contributed by atoms with Gasteiger partial charge in [0.15, 0.2) is 27.4 Å². The van der Waals surface area contributed by atoms with Crippen LogP contribution in [0.1, 0.15) is 6.42 Å². The van der Waals surface area contributed by atoms with Crippen LogP contribution in [-0.2, 0) is 14.6 Å². The zero-order valence-corrected chi connectivity index (χ0v) is 20.7. The highest BCUT2D eigenvalue weighted by atomic mass is 32.2. The molecule has 1 unspecified atom stereocenters. The molecule has 1 aliphatic heterocycles. The minimum absolute atomic E-state index is 0.0637. The molecular weight excluding hydrogens is 485 g/mol. The second-order valence-corrected chi connectivity index (χ2v) is 10.7.